The van der Waals surface area contributed by atoms with Gasteiger partial charge < -0.3 is 14.9 Å². The second-order valence-electron chi connectivity index (χ2n) is 9.28. The lowest BCUT2D eigenvalue weighted by molar-refractivity contribution is -0.142. The van der Waals surface area contributed by atoms with Crippen molar-refractivity contribution < 1.29 is 19.7 Å². The molecule has 4 nitrogen and oxygen atoms in total. The maximum atomic E-state index is 11.6. The number of aliphatic hydroxyl groups is 1. The van der Waals surface area contributed by atoms with Crippen molar-refractivity contribution in [3.63, 3.8) is 0 Å². The molecule has 0 bridgehead atoms. The monoisotopic (exact) mass is 450 g/mol. The van der Waals surface area contributed by atoms with Crippen molar-refractivity contribution in [1.82, 2.24) is 0 Å². The first-order valence-electron chi connectivity index (χ1n) is 10.6. The molecule has 5 atom stereocenters. The molecule has 0 radical (unpaired) electrons. The van der Waals surface area contributed by atoms with Gasteiger partial charge in [0.15, 0.2) is 0 Å². The van der Waals surface area contributed by atoms with Crippen LogP contribution in [0, 0.1) is 17.3 Å². The van der Waals surface area contributed by atoms with E-state index in [2.05, 4.69) is 28.9 Å². The summed E-state index contributed by atoms with van der Waals surface area (Å²) in [6, 6.07) is 5.90. The summed E-state index contributed by atoms with van der Waals surface area (Å²) in [5, 5.41) is 21.7. The summed E-state index contributed by atoms with van der Waals surface area (Å²) in [6.45, 7) is 2.69. The van der Waals surface area contributed by atoms with Crippen LogP contribution in [0.15, 0.2) is 18.2 Å². The summed E-state index contributed by atoms with van der Waals surface area (Å²) in [5.41, 5.74) is 2.03. The summed E-state index contributed by atoms with van der Waals surface area (Å²) in [6.07, 6.45) is 7.69. The maximum Gasteiger partial charge on any atom is 0.316 e. The normalized spacial score (nSPS) is 36.3. The summed E-state index contributed by atoms with van der Waals surface area (Å²) in [7, 11) is 0. The number of ether oxygens (including phenoxy) is 1. The van der Waals surface area contributed by atoms with Gasteiger partial charge in [0.1, 0.15) is 11.1 Å². The molecule has 4 rings (SSSR count). The van der Waals surface area contributed by atoms with Gasteiger partial charge in [-0.1, -0.05) is 28.9 Å². The molecule has 2 saturated carbocycles. The number of carbonyl (C=O) groups is 1. The van der Waals surface area contributed by atoms with Gasteiger partial charge in [-0.2, -0.15) is 0 Å². The molecule has 28 heavy (non-hydrogen) atoms. The Balaban J connectivity index is 1.47. The molecule has 0 aliphatic heterocycles. The number of carbonyl (C=O) groups excluding carboxylic acids is 1. The van der Waals surface area contributed by atoms with E-state index in [9.17, 15) is 15.0 Å². The van der Waals surface area contributed by atoms with Gasteiger partial charge in [0, 0.05) is 0 Å². The standard InChI is InChI=1S/C23H31BrO4/c1-22-10-7-18-17-6-4-16(25)13-15(17)3-5-19(18)20(22)8-11-23(22,27)9-2-12-28-21(26)14-24/h4,6,13,18-20,25,27H,2-3,5,7-12,14H2,1H3/t18-,19-,20+,22+,23+/m1/s1. The number of halogens is 1. The van der Waals surface area contributed by atoms with Crippen LogP contribution in [-0.4, -0.2) is 33.7 Å². The Kier molecular flexibility index (Phi) is 5.51. The zero-order valence-corrected chi connectivity index (χ0v) is 18.2. The van der Waals surface area contributed by atoms with Crippen LogP contribution >= 0.6 is 15.9 Å². The van der Waals surface area contributed by atoms with Gasteiger partial charge in [-0.3, -0.25) is 4.79 Å². The molecule has 0 unspecified atom stereocenters. The Bertz CT molecular complexity index is 750. The molecule has 1 aromatic rings. The predicted octanol–water partition coefficient (Wildman–Crippen LogP) is 4.70. The molecule has 0 amide bonds. The lowest BCUT2D eigenvalue weighted by Gasteiger charge is -2.53. The topological polar surface area (TPSA) is 66.8 Å². The van der Waals surface area contributed by atoms with E-state index in [1.165, 1.54) is 11.1 Å². The molecular formula is C23H31BrO4. The minimum absolute atomic E-state index is 0.0536. The van der Waals surface area contributed by atoms with Crippen molar-refractivity contribution in [3.05, 3.63) is 29.3 Å². The molecule has 154 valence electrons. The number of hydrogen-bond acceptors (Lipinski definition) is 4. The zero-order chi connectivity index (χ0) is 19.9. The molecule has 0 heterocycles. The van der Waals surface area contributed by atoms with Crippen LogP contribution in [0.4, 0.5) is 0 Å². The number of hydrogen-bond donors (Lipinski definition) is 2. The average Bonchev–Trinajstić information content (AvgIpc) is 2.96. The van der Waals surface area contributed by atoms with Gasteiger partial charge >= 0.3 is 5.97 Å². The number of aromatic hydroxyl groups is 1. The summed E-state index contributed by atoms with van der Waals surface area (Å²) >= 11 is 3.11. The van der Waals surface area contributed by atoms with Crippen molar-refractivity contribution in [2.75, 3.05) is 11.9 Å². The fourth-order valence-corrected chi connectivity index (χ4v) is 6.84. The van der Waals surface area contributed by atoms with Crippen LogP contribution in [0.3, 0.4) is 0 Å². The number of esters is 1. The first kappa shape index (κ1) is 20.2. The van der Waals surface area contributed by atoms with Crippen LogP contribution < -0.4 is 0 Å². The highest BCUT2D eigenvalue weighted by Crippen LogP contribution is 2.65. The number of benzene rings is 1. The molecule has 0 spiro atoms. The fraction of sp³-hybridized carbons (Fsp3) is 0.696. The van der Waals surface area contributed by atoms with E-state index in [0.717, 1.165) is 38.5 Å². The number of fused-ring (bicyclic) bond motifs is 5. The maximum absolute atomic E-state index is 11.6. The van der Waals surface area contributed by atoms with Gasteiger partial charge in [0.05, 0.1) is 12.2 Å². The third kappa shape index (κ3) is 3.28. The van der Waals surface area contributed by atoms with Crippen LogP contribution in [-0.2, 0) is 16.0 Å². The average molecular weight is 451 g/mol. The van der Waals surface area contributed by atoms with E-state index in [0.29, 0.717) is 43.0 Å². The third-order valence-corrected chi connectivity index (χ3v) is 8.60. The highest BCUT2D eigenvalue weighted by atomic mass is 79.9. The van der Waals surface area contributed by atoms with Crippen molar-refractivity contribution in [2.45, 2.75) is 69.8 Å². The van der Waals surface area contributed by atoms with E-state index in [4.69, 9.17) is 4.74 Å². The van der Waals surface area contributed by atoms with Gasteiger partial charge in [0.2, 0.25) is 0 Å². The number of alkyl halides is 1. The molecule has 2 fully saturated rings. The van der Waals surface area contributed by atoms with Crippen LogP contribution in [0.1, 0.15) is 68.9 Å². The van der Waals surface area contributed by atoms with Gasteiger partial charge in [0.25, 0.3) is 0 Å². The third-order valence-electron chi connectivity index (χ3n) is 8.14. The van der Waals surface area contributed by atoms with E-state index >= 15 is 0 Å². The number of phenolic OH excluding ortho intramolecular Hbond substituents is 1. The van der Waals surface area contributed by atoms with Gasteiger partial charge in [-0.15, -0.1) is 0 Å². The molecule has 5 heteroatoms. The van der Waals surface area contributed by atoms with E-state index in [1.807, 2.05) is 12.1 Å². The Morgan fingerprint density at radius 1 is 1.29 bits per heavy atom. The summed E-state index contributed by atoms with van der Waals surface area (Å²) in [5.74, 6) is 1.85. The van der Waals surface area contributed by atoms with Crippen LogP contribution in [0.25, 0.3) is 0 Å². The van der Waals surface area contributed by atoms with Gasteiger partial charge in [-0.05, 0) is 97.8 Å². The molecule has 0 aromatic heterocycles. The number of phenols is 1. The van der Waals surface area contributed by atoms with E-state index < -0.39 is 5.60 Å². The molecule has 0 saturated heterocycles. The molecule has 3 aliphatic carbocycles. The second kappa shape index (κ2) is 7.64. The summed E-state index contributed by atoms with van der Waals surface area (Å²) < 4.78 is 5.18. The molecular weight excluding hydrogens is 420 g/mol. The predicted molar refractivity (Wildman–Crippen MR) is 112 cm³/mol. The molecule has 1 aromatic carbocycles. The lowest BCUT2D eigenvalue weighted by atomic mass is 9.53. The zero-order valence-electron chi connectivity index (χ0n) is 16.6. The Morgan fingerprint density at radius 2 is 2.11 bits per heavy atom. The minimum atomic E-state index is -0.654. The quantitative estimate of drug-likeness (QED) is 0.387. The molecule has 3 aliphatic rings. The Morgan fingerprint density at radius 3 is 2.89 bits per heavy atom. The molecule has 2 N–H and O–H groups in total. The first-order valence-corrected chi connectivity index (χ1v) is 11.8. The smallest absolute Gasteiger partial charge is 0.316 e. The SMILES string of the molecule is C[C@]12CC[C@@H]3c4ccc(O)cc4CC[C@H]3[C@@H]1CC[C@@]2(O)CCCOC(=O)CBr. The van der Waals surface area contributed by atoms with Crippen molar-refractivity contribution >= 4 is 21.9 Å². The number of rotatable bonds is 5. The van der Waals surface area contributed by atoms with Crippen molar-refractivity contribution in [1.29, 1.82) is 0 Å². The Labute approximate surface area is 175 Å². The van der Waals surface area contributed by atoms with E-state index in [-0.39, 0.29) is 16.7 Å². The van der Waals surface area contributed by atoms with Gasteiger partial charge in [-0.25, -0.2) is 0 Å². The van der Waals surface area contributed by atoms with Crippen LogP contribution in [0.5, 0.6) is 5.75 Å². The van der Waals surface area contributed by atoms with E-state index in [1.54, 1.807) is 0 Å². The second-order valence-corrected chi connectivity index (χ2v) is 9.84. The van der Waals surface area contributed by atoms with Crippen molar-refractivity contribution in [3.8, 4) is 5.75 Å². The first-order chi connectivity index (χ1) is 13.4. The van der Waals surface area contributed by atoms with Crippen LogP contribution in [0.2, 0.25) is 0 Å². The lowest BCUT2D eigenvalue weighted by Crippen LogP contribution is -2.50. The summed E-state index contributed by atoms with van der Waals surface area (Å²) in [4.78, 5) is 11.3. The highest BCUT2D eigenvalue weighted by molar-refractivity contribution is 9.09. The van der Waals surface area contributed by atoms with Crippen molar-refractivity contribution in [2.24, 2.45) is 17.3 Å². The largest absolute Gasteiger partial charge is 0.508 e. The number of aryl methyl sites for hydroxylation is 1. The highest BCUT2D eigenvalue weighted by Gasteiger charge is 2.60. The minimum Gasteiger partial charge on any atom is -0.508 e. The fourth-order valence-electron chi connectivity index (χ4n) is 6.68. The Hall–Kier alpha value is -1.07.